The van der Waals surface area contributed by atoms with Crippen LogP contribution in [0.5, 0.6) is 0 Å². The molecule has 1 amide bonds. The highest BCUT2D eigenvalue weighted by molar-refractivity contribution is 5.98. The molecule has 7 nitrogen and oxygen atoms in total. The maximum Gasteiger partial charge on any atom is 0.251 e. The number of hydrogen-bond acceptors (Lipinski definition) is 5. The van der Waals surface area contributed by atoms with Gasteiger partial charge in [0.05, 0.1) is 0 Å². The van der Waals surface area contributed by atoms with Crippen molar-refractivity contribution in [2.75, 3.05) is 5.32 Å². The van der Waals surface area contributed by atoms with Crippen molar-refractivity contribution in [2.45, 2.75) is 45.7 Å². The second-order valence-corrected chi connectivity index (χ2v) is 9.03. The van der Waals surface area contributed by atoms with Gasteiger partial charge >= 0.3 is 0 Å². The van der Waals surface area contributed by atoms with Gasteiger partial charge < -0.3 is 10.6 Å². The highest BCUT2D eigenvalue weighted by atomic mass is 16.1. The number of rotatable bonds is 6. The van der Waals surface area contributed by atoms with Gasteiger partial charge in [-0.15, -0.1) is 5.10 Å². The van der Waals surface area contributed by atoms with Crippen LogP contribution >= 0.6 is 0 Å². The van der Waals surface area contributed by atoms with E-state index >= 15 is 0 Å². The van der Waals surface area contributed by atoms with E-state index in [9.17, 15) is 4.79 Å². The van der Waals surface area contributed by atoms with Gasteiger partial charge in [-0.05, 0) is 73.7 Å². The number of amides is 1. The molecule has 1 fully saturated rings. The Balaban J connectivity index is 1.26. The van der Waals surface area contributed by atoms with E-state index in [0.717, 1.165) is 33.5 Å². The fourth-order valence-corrected chi connectivity index (χ4v) is 4.53. The summed E-state index contributed by atoms with van der Waals surface area (Å²) in [5.41, 5.74) is 8.26. The molecule has 1 aliphatic heterocycles. The summed E-state index contributed by atoms with van der Waals surface area (Å²) in [6, 6.07) is 16.4. The fourth-order valence-electron chi connectivity index (χ4n) is 4.53. The molecule has 0 radical (unpaired) electrons. The Hall–Kier alpha value is -4.00. The Morgan fingerprint density at radius 3 is 2.62 bits per heavy atom. The lowest BCUT2D eigenvalue weighted by molar-refractivity contribution is 0.0966. The lowest BCUT2D eigenvalue weighted by Gasteiger charge is -2.08. The molecular formula is C27H26N6O. The van der Waals surface area contributed by atoms with E-state index in [1.54, 1.807) is 0 Å². The van der Waals surface area contributed by atoms with Crippen LogP contribution in [0.15, 0.2) is 54.7 Å². The molecule has 7 heteroatoms. The van der Waals surface area contributed by atoms with Crippen LogP contribution in [0.4, 0.5) is 11.6 Å². The van der Waals surface area contributed by atoms with Gasteiger partial charge in [-0.2, -0.15) is 4.98 Å². The molecule has 4 aromatic rings. The number of aryl methyl sites for hydroxylation is 2. The summed E-state index contributed by atoms with van der Waals surface area (Å²) in [6.07, 6.45) is 4.51. The molecule has 2 N–H and O–H groups in total. The SMILES string of the molecule is CCn1nc(-c2ccc(-c3ccc(C4CC4)nc3)c(C)c2)nc1Nc1ccc2c(c1)CNC2=O. The number of benzene rings is 2. The number of carbonyl (C=O) groups is 1. The predicted octanol–water partition coefficient (Wildman–Crippen LogP) is 5.20. The number of pyridine rings is 1. The summed E-state index contributed by atoms with van der Waals surface area (Å²) in [5.74, 6) is 2.00. The Morgan fingerprint density at radius 2 is 1.88 bits per heavy atom. The third-order valence-corrected chi connectivity index (χ3v) is 6.59. The number of nitrogens with zero attached hydrogens (tertiary/aromatic N) is 4. The molecule has 6 rings (SSSR count). The van der Waals surface area contributed by atoms with Gasteiger partial charge in [-0.3, -0.25) is 9.78 Å². The largest absolute Gasteiger partial charge is 0.348 e. The molecule has 0 bridgehead atoms. The molecule has 2 aliphatic rings. The van der Waals surface area contributed by atoms with Crippen LogP contribution < -0.4 is 10.6 Å². The van der Waals surface area contributed by atoms with Crippen molar-refractivity contribution in [1.82, 2.24) is 25.1 Å². The lowest BCUT2D eigenvalue weighted by atomic mass is 9.99. The first-order valence-electron chi connectivity index (χ1n) is 11.8. The quantitative estimate of drug-likeness (QED) is 0.422. The van der Waals surface area contributed by atoms with Crippen LogP contribution in [0.2, 0.25) is 0 Å². The molecule has 0 unspecified atom stereocenters. The molecule has 2 aromatic heterocycles. The molecule has 2 aromatic carbocycles. The predicted molar refractivity (Wildman–Crippen MR) is 132 cm³/mol. The van der Waals surface area contributed by atoms with Crippen LogP contribution in [0, 0.1) is 6.92 Å². The zero-order valence-corrected chi connectivity index (χ0v) is 19.3. The molecule has 0 spiro atoms. The summed E-state index contributed by atoms with van der Waals surface area (Å²) in [5, 5.41) is 10.9. The van der Waals surface area contributed by atoms with Crippen LogP contribution in [-0.2, 0) is 13.1 Å². The summed E-state index contributed by atoms with van der Waals surface area (Å²) >= 11 is 0. The van der Waals surface area contributed by atoms with E-state index in [1.165, 1.54) is 24.1 Å². The minimum atomic E-state index is -0.0194. The van der Waals surface area contributed by atoms with Crippen LogP contribution in [-0.4, -0.2) is 25.7 Å². The fraction of sp³-hybridized carbons (Fsp3) is 0.259. The highest BCUT2D eigenvalue weighted by Crippen LogP contribution is 2.39. The monoisotopic (exact) mass is 450 g/mol. The highest BCUT2D eigenvalue weighted by Gasteiger charge is 2.24. The second-order valence-electron chi connectivity index (χ2n) is 9.03. The maximum absolute atomic E-state index is 11.8. The van der Waals surface area contributed by atoms with Crippen molar-refractivity contribution in [1.29, 1.82) is 0 Å². The van der Waals surface area contributed by atoms with Gasteiger partial charge in [0.2, 0.25) is 5.95 Å². The Morgan fingerprint density at radius 1 is 1.06 bits per heavy atom. The van der Waals surface area contributed by atoms with E-state index in [-0.39, 0.29) is 5.91 Å². The van der Waals surface area contributed by atoms with E-state index < -0.39 is 0 Å². The molecule has 1 saturated carbocycles. The molecule has 170 valence electrons. The van der Waals surface area contributed by atoms with Crippen LogP contribution in [0.3, 0.4) is 0 Å². The van der Waals surface area contributed by atoms with Crippen LogP contribution in [0.1, 0.15) is 52.9 Å². The molecule has 3 heterocycles. The van der Waals surface area contributed by atoms with Gasteiger partial charge in [0.1, 0.15) is 0 Å². The lowest BCUT2D eigenvalue weighted by Crippen LogP contribution is -2.12. The first kappa shape index (κ1) is 20.6. The maximum atomic E-state index is 11.8. The summed E-state index contributed by atoms with van der Waals surface area (Å²) < 4.78 is 1.86. The van der Waals surface area contributed by atoms with Gasteiger partial charge in [-0.1, -0.05) is 18.2 Å². The average Bonchev–Trinajstić information content (AvgIpc) is 3.53. The summed E-state index contributed by atoms with van der Waals surface area (Å²) in [4.78, 5) is 21.3. The van der Waals surface area contributed by atoms with Gasteiger partial charge in [0, 0.05) is 53.3 Å². The molecular weight excluding hydrogens is 424 g/mol. The normalized spacial score (nSPS) is 14.7. The third kappa shape index (κ3) is 3.73. The van der Waals surface area contributed by atoms with Crippen molar-refractivity contribution >= 4 is 17.5 Å². The molecule has 1 aliphatic carbocycles. The van der Waals surface area contributed by atoms with Gasteiger partial charge in [0.15, 0.2) is 5.82 Å². The number of aromatic nitrogens is 4. The number of fused-ring (bicyclic) bond motifs is 1. The Labute approximate surface area is 198 Å². The van der Waals surface area contributed by atoms with E-state index in [2.05, 4.69) is 52.9 Å². The number of nitrogens with one attached hydrogen (secondary N) is 2. The van der Waals surface area contributed by atoms with Crippen molar-refractivity contribution in [3.8, 4) is 22.5 Å². The minimum Gasteiger partial charge on any atom is -0.348 e. The van der Waals surface area contributed by atoms with Crippen molar-refractivity contribution < 1.29 is 4.79 Å². The van der Waals surface area contributed by atoms with Gasteiger partial charge in [-0.25, -0.2) is 4.68 Å². The third-order valence-electron chi connectivity index (χ3n) is 6.59. The minimum absolute atomic E-state index is 0.0194. The smallest absolute Gasteiger partial charge is 0.251 e. The number of anilines is 2. The van der Waals surface area contributed by atoms with Crippen LogP contribution in [0.25, 0.3) is 22.5 Å². The molecule has 0 atom stereocenters. The van der Waals surface area contributed by atoms with Crippen molar-refractivity contribution in [3.63, 3.8) is 0 Å². The zero-order chi connectivity index (χ0) is 23.2. The van der Waals surface area contributed by atoms with Gasteiger partial charge in [0.25, 0.3) is 5.91 Å². The first-order valence-corrected chi connectivity index (χ1v) is 11.8. The molecule has 34 heavy (non-hydrogen) atoms. The standard InChI is InChI=1S/C27H26N6O/c1-3-33-27(30-21-8-10-23-20(13-21)15-29-26(23)34)31-25(32-33)18-6-9-22(16(2)12-18)19-7-11-24(28-14-19)17-4-5-17/h6-14,17H,3-5,15H2,1-2H3,(H,29,34)(H,30,31,32). The van der Waals surface area contributed by atoms with Crippen molar-refractivity contribution in [2.24, 2.45) is 0 Å². The van der Waals surface area contributed by atoms with E-state index in [4.69, 9.17) is 10.1 Å². The van der Waals surface area contributed by atoms with E-state index in [0.29, 0.717) is 30.8 Å². The zero-order valence-electron chi connectivity index (χ0n) is 19.3. The number of carbonyl (C=O) groups excluding carboxylic acids is 1. The molecule has 0 saturated heterocycles. The average molecular weight is 451 g/mol. The number of hydrogen-bond donors (Lipinski definition) is 2. The Bertz CT molecular complexity index is 1400. The first-order chi connectivity index (χ1) is 16.6. The Kier molecular flexibility index (Phi) is 4.90. The van der Waals surface area contributed by atoms with E-state index in [1.807, 2.05) is 36.0 Å². The summed E-state index contributed by atoms with van der Waals surface area (Å²) in [6.45, 7) is 5.40. The summed E-state index contributed by atoms with van der Waals surface area (Å²) in [7, 11) is 0. The second kappa shape index (κ2) is 8.09. The van der Waals surface area contributed by atoms with Crippen molar-refractivity contribution in [3.05, 3.63) is 77.1 Å². The topological polar surface area (TPSA) is 84.7 Å².